The smallest absolute Gasteiger partial charge is 0.304 e. The highest BCUT2D eigenvalue weighted by Gasteiger charge is 2.26. The normalized spacial score (nSPS) is 20.9. The van der Waals surface area contributed by atoms with Crippen molar-refractivity contribution in [3.05, 3.63) is 69.4 Å². The third-order valence-corrected chi connectivity index (χ3v) is 4.76. The molecule has 0 fully saturated rings. The molecule has 0 saturated carbocycles. The predicted octanol–water partition coefficient (Wildman–Crippen LogP) is 3.52. The lowest BCUT2D eigenvalue weighted by molar-refractivity contribution is 0.288. The van der Waals surface area contributed by atoms with Gasteiger partial charge in [-0.25, -0.2) is 34.0 Å². The molecule has 28 heavy (non-hydrogen) atoms. The first-order chi connectivity index (χ1) is 13.5. The highest BCUT2D eigenvalue weighted by Crippen LogP contribution is 2.27. The van der Waals surface area contributed by atoms with E-state index in [4.69, 9.17) is 9.47 Å². The van der Waals surface area contributed by atoms with Crippen molar-refractivity contribution < 1.29 is 22.6 Å². The zero-order valence-electron chi connectivity index (χ0n) is 14.3. The lowest BCUT2D eigenvalue weighted by Gasteiger charge is -2.07. The molecule has 0 bridgehead atoms. The summed E-state index contributed by atoms with van der Waals surface area (Å²) in [4.78, 5) is 8.52. The lowest BCUT2D eigenvalue weighted by Crippen LogP contribution is -2.41. The van der Waals surface area contributed by atoms with Gasteiger partial charge in [0.25, 0.3) is 0 Å². The van der Waals surface area contributed by atoms with Crippen molar-refractivity contribution in [3.8, 4) is 0 Å². The van der Waals surface area contributed by atoms with Crippen molar-refractivity contribution in [1.82, 2.24) is 10.9 Å². The Morgan fingerprint density at radius 3 is 2.07 bits per heavy atom. The molecular weight excluding hydrogens is 441 g/mol. The number of hydrogen-bond acceptors (Lipinski definition) is 6. The average molecular weight is 455 g/mol. The molecule has 2 atom stereocenters. The molecule has 2 unspecified atom stereocenters. The van der Waals surface area contributed by atoms with Crippen LogP contribution in [0.25, 0.3) is 0 Å². The first-order valence-electron chi connectivity index (χ1n) is 8.33. The number of hydrazine groups is 1. The van der Waals surface area contributed by atoms with E-state index in [1.54, 1.807) is 0 Å². The number of amidine groups is 2. The van der Waals surface area contributed by atoms with Gasteiger partial charge in [0.15, 0.2) is 11.6 Å². The number of nitrogens with zero attached hydrogens (tertiary/aromatic N) is 2. The van der Waals surface area contributed by atoms with Crippen LogP contribution in [0.15, 0.2) is 50.9 Å². The zero-order chi connectivity index (χ0) is 19.7. The van der Waals surface area contributed by atoms with Crippen LogP contribution in [0.2, 0.25) is 0 Å². The Labute approximate surface area is 166 Å². The van der Waals surface area contributed by atoms with Crippen LogP contribution < -0.4 is 10.9 Å². The number of hydrogen-bond donors (Lipinski definition) is 2. The molecular formula is C18H14BrF3N4O2. The van der Waals surface area contributed by atoms with E-state index >= 15 is 0 Å². The summed E-state index contributed by atoms with van der Waals surface area (Å²) in [7, 11) is 0. The number of halogens is 4. The fourth-order valence-corrected chi connectivity index (χ4v) is 3.06. The van der Waals surface area contributed by atoms with Gasteiger partial charge in [-0.1, -0.05) is 28.1 Å². The van der Waals surface area contributed by atoms with E-state index in [2.05, 4.69) is 36.8 Å². The highest BCUT2D eigenvalue weighted by molar-refractivity contribution is 9.10. The molecule has 2 aromatic carbocycles. The van der Waals surface area contributed by atoms with Crippen LogP contribution in [-0.4, -0.2) is 25.3 Å². The summed E-state index contributed by atoms with van der Waals surface area (Å²) in [5, 5.41) is 0. The zero-order valence-corrected chi connectivity index (χ0v) is 15.8. The molecule has 0 aromatic heterocycles. The van der Waals surface area contributed by atoms with Crippen molar-refractivity contribution in [2.75, 3.05) is 13.2 Å². The highest BCUT2D eigenvalue weighted by atomic mass is 79.9. The molecule has 6 nitrogen and oxygen atoms in total. The second kappa shape index (κ2) is 7.70. The largest absolute Gasteiger partial charge is 0.461 e. The van der Waals surface area contributed by atoms with Crippen LogP contribution in [0.5, 0.6) is 0 Å². The Kier molecular flexibility index (Phi) is 5.12. The van der Waals surface area contributed by atoms with Crippen molar-refractivity contribution in [2.24, 2.45) is 9.98 Å². The Morgan fingerprint density at radius 1 is 0.821 bits per heavy atom. The topological polar surface area (TPSA) is 67.2 Å². The summed E-state index contributed by atoms with van der Waals surface area (Å²) >= 11 is 3.38. The van der Waals surface area contributed by atoms with Crippen LogP contribution in [0.3, 0.4) is 0 Å². The number of aliphatic imine (C=N–C) groups is 2. The van der Waals surface area contributed by atoms with Gasteiger partial charge in [0.1, 0.15) is 31.1 Å². The second-order valence-corrected chi connectivity index (χ2v) is 7.03. The number of benzene rings is 2. The van der Waals surface area contributed by atoms with Crippen LogP contribution in [0.1, 0.15) is 23.2 Å². The minimum absolute atomic E-state index is 0.0130. The molecule has 2 aliphatic rings. The van der Waals surface area contributed by atoms with E-state index in [1.807, 2.05) is 24.3 Å². The third kappa shape index (κ3) is 3.91. The standard InChI is InChI=1S/C18H14BrF3N4O2/c19-10-3-1-9(2-4-10)15-7-27-17(23-15)25-26-18-24-16(8-28-18)11-5-13(21)14(22)6-12(11)20/h1-6,15-16H,7-8H2,(H,23,25)(H,24,26). The van der Waals surface area contributed by atoms with Crippen molar-refractivity contribution >= 4 is 28.0 Å². The van der Waals surface area contributed by atoms with Crippen molar-refractivity contribution in [2.45, 2.75) is 12.1 Å². The molecule has 4 rings (SSSR count). The van der Waals surface area contributed by atoms with Gasteiger partial charge in [-0.3, -0.25) is 0 Å². The first-order valence-corrected chi connectivity index (χ1v) is 9.12. The molecule has 146 valence electrons. The maximum atomic E-state index is 13.9. The number of rotatable bonds is 2. The van der Waals surface area contributed by atoms with E-state index in [0.29, 0.717) is 12.7 Å². The minimum Gasteiger partial charge on any atom is -0.461 e. The van der Waals surface area contributed by atoms with Gasteiger partial charge in [-0.2, -0.15) is 0 Å². The van der Waals surface area contributed by atoms with Crippen LogP contribution in [0.4, 0.5) is 13.2 Å². The van der Waals surface area contributed by atoms with Gasteiger partial charge in [0.05, 0.1) is 0 Å². The molecule has 0 radical (unpaired) electrons. The summed E-state index contributed by atoms with van der Waals surface area (Å²) in [6, 6.07) is 8.40. The van der Waals surface area contributed by atoms with E-state index in [-0.39, 0.29) is 30.3 Å². The molecule has 2 aliphatic heterocycles. The summed E-state index contributed by atoms with van der Waals surface area (Å²) in [6.45, 7) is 0.364. The van der Waals surface area contributed by atoms with Crippen molar-refractivity contribution in [1.29, 1.82) is 0 Å². The van der Waals surface area contributed by atoms with Crippen LogP contribution >= 0.6 is 15.9 Å². The molecule has 0 spiro atoms. The Bertz CT molecular complexity index is 953. The first kappa shape index (κ1) is 18.6. The van der Waals surface area contributed by atoms with E-state index in [0.717, 1.165) is 16.1 Å². The van der Waals surface area contributed by atoms with Gasteiger partial charge >= 0.3 is 12.0 Å². The third-order valence-electron chi connectivity index (χ3n) is 4.23. The van der Waals surface area contributed by atoms with Gasteiger partial charge in [0.2, 0.25) is 0 Å². The summed E-state index contributed by atoms with van der Waals surface area (Å²) < 4.78 is 52.0. The number of nitrogens with one attached hydrogen (secondary N) is 2. The van der Waals surface area contributed by atoms with Gasteiger partial charge in [-0.05, 0) is 23.8 Å². The van der Waals surface area contributed by atoms with Crippen molar-refractivity contribution in [3.63, 3.8) is 0 Å². The fourth-order valence-electron chi connectivity index (χ4n) is 2.80. The van der Waals surface area contributed by atoms with E-state index in [9.17, 15) is 13.2 Å². The van der Waals surface area contributed by atoms with E-state index in [1.165, 1.54) is 0 Å². The molecule has 0 saturated heterocycles. The maximum absolute atomic E-state index is 13.9. The Morgan fingerprint density at radius 2 is 1.39 bits per heavy atom. The minimum atomic E-state index is -1.25. The maximum Gasteiger partial charge on any atom is 0.304 e. The molecule has 0 aliphatic carbocycles. The Balaban J connectivity index is 1.38. The second-order valence-electron chi connectivity index (χ2n) is 6.11. The lowest BCUT2D eigenvalue weighted by atomic mass is 10.1. The fraction of sp³-hybridized carbons (Fsp3) is 0.222. The predicted molar refractivity (Wildman–Crippen MR) is 99.0 cm³/mol. The monoisotopic (exact) mass is 454 g/mol. The molecule has 10 heteroatoms. The molecule has 2 heterocycles. The Hall–Kier alpha value is -2.75. The SMILES string of the molecule is Fc1cc(F)c(C2COC(NNC3=NC(c4ccc(Br)cc4)CO3)=N2)cc1F. The van der Waals surface area contributed by atoms with Gasteiger partial charge < -0.3 is 9.47 Å². The average Bonchev–Trinajstić information content (AvgIpc) is 3.33. The summed E-state index contributed by atoms with van der Waals surface area (Å²) in [5.41, 5.74) is 6.32. The summed E-state index contributed by atoms with van der Waals surface area (Å²) in [5.74, 6) is -3.27. The molecule has 2 N–H and O–H groups in total. The molecule has 0 amide bonds. The quantitative estimate of drug-likeness (QED) is 0.538. The molecule has 2 aromatic rings. The summed E-state index contributed by atoms with van der Waals surface area (Å²) in [6.07, 6.45) is 0. The van der Waals surface area contributed by atoms with E-state index < -0.39 is 23.5 Å². The van der Waals surface area contributed by atoms with Crippen LogP contribution in [-0.2, 0) is 9.47 Å². The van der Waals surface area contributed by atoms with Crippen LogP contribution in [0, 0.1) is 17.5 Å². The number of ether oxygens (including phenoxy) is 2. The van der Waals surface area contributed by atoms with Gasteiger partial charge in [-0.15, -0.1) is 0 Å². The van der Waals surface area contributed by atoms with Gasteiger partial charge in [0, 0.05) is 16.1 Å².